The number of carbonyl (C=O) groups excluding carboxylic acids is 1. The zero-order valence-corrected chi connectivity index (χ0v) is 13.7. The third kappa shape index (κ3) is 3.15. The van der Waals surface area contributed by atoms with E-state index in [1.165, 1.54) is 0 Å². The first-order valence-corrected chi connectivity index (χ1v) is 8.56. The van der Waals surface area contributed by atoms with Gasteiger partial charge >= 0.3 is 0 Å². The molecule has 0 aliphatic carbocycles. The minimum absolute atomic E-state index is 0.138. The van der Waals surface area contributed by atoms with Crippen LogP contribution in [0, 0.1) is 11.8 Å². The first-order chi connectivity index (χ1) is 11.8. The third-order valence-corrected chi connectivity index (χ3v) is 5.03. The van der Waals surface area contributed by atoms with Crippen LogP contribution in [0.25, 0.3) is 0 Å². The van der Waals surface area contributed by atoms with Gasteiger partial charge in [0.1, 0.15) is 12.4 Å². The minimum Gasteiger partial charge on any atom is -0.489 e. The van der Waals surface area contributed by atoms with Crippen molar-refractivity contribution in [2.24, 2.45) is 11.8 Å². The molecule has 4 rings (SSSR count). The number of hydrogen-bond acceptors (Lipinski definition) is 3. The molecule has 124 valence electrons. The average Bonchev–Trinajstić information content (AvgIpc) is 3.23. The summed E-state index contributed by atoms with van der Waals surface area (Å²) < 4.78 is 5.78. The maximum atomic E-state index is 12.6. The van der Waals surface area contributed by atoms with Crippen molar-refractivity contribution in [1.82, 2.24) is 10.2 Å². The van der Waals surface area contributed by atoms with Gasteiger partial charge in [-0.15, -0.1) is 0 Å². The number of nitrogens with one attached hydrogen (secondary N) is 1. The van der Waals surface area contributed by atoms with E-state index in [4.69, 9.17) is 4.74 Å². The fourth-order valence-electron chi connectivity index (χ4n) is 3.64. The SMILES string of the molecule is O=C(c1ccc(OCc2ccccc2)cc1)N1C[C@H]2CNC[C@H]2C1. The maximum absolute atomic E-state index is 12.6. The molecule has 2 aliphatic heterocycles. The van der Waals surface area contributed by atoms with Gasteiger partial charge < -0.3 is 15.0 Å². The van der Waals surface area contributed by atoms with Gasteiger partial charge in [0.2, 0.25) is 0 Å². The number of hydrogen-bond donors (Lipinski definition) is 1. The Balaban J connectivity index is 1.36. The smallest absolute Gasteiger partial charge is 0.253 e. The second kappa shape index (κ2) is 6.65. The van der Waals surface area contributed by atoms with E-state index >= 15 is 0 Å². The highest BCUT2D eigenvalue weighted by Gasteiger charge is 2.38. The summed E-state index contributed by atoms with van der Waals surface area (Å²) in [6.07, 6.45) is 0. The van der Waals surface area contributed by atoms with E-state index in [2.05, 4.69) is 5.32 Å². The molecule has 2 saturated heterocycles. The second-order valence-corrected chi connectivity index (χ2v) is 6.69. The van der Waals surface area contributed by atoms with E-state index in [-0.39, 0.29) is 5.91 Å². The summed E-state index contributed by atoms with van der Waals surface area (Å²) in [4.78, 5) is 14.6. The van der Waals surface area contributed by atoms with Crippen molar-refractivity contribution in [3.05, 3.63) is 65.7 Å². The molecule has 2 heterocycles. The number of likely N-dealkylation sites (tertiary alicyclic amines) is 1. The summed E-state index contributed by atoms with van der Waals surface area (Å²) in [6, 6.07) is 17.6. The quantitative estimate of drug-likeness (QED) is 0.940. The Morgan fingerprint density at radius 2 is 1.67 bits per heavy atom. The molecule has 2 aliphatic rings. The number of fused-ring (bicyclic) bond motifs is 1. The van der Waals surface area contributed by atoms with Crippen LogP contribution in [0.3, 0.4) is 0 Å². The highest BCUT2D eigenvalue weighted by Crippen LogP contribution is 2.27. The number of rotatable bonds is 4. The summed E-state index contributed by atoms with van der Waals surface area (Å²) in [5, 5.41) is 3.40. The molecule has 0 unspecified atom stereocenters. The van der Waals surface area contributed by atoms with Crippen LogP contribution in [0.15, 0.2) is 54.6 Å². The van der Waals surface area contributed by atoms with Crippen molar-refractivity contribution in [2.45, 2.75) is 6.61 Å². The summed E-state index contributed by atoms with van der Waals surface area (Å²) >= 11 is 0. The van der Waals surface area contributed by atoms with Crippen LogP contribution in [0.4, 0.5) is 0 Å². The van der Waals surface area contributed by atoms with Crippen LogP contribution in [-0.4, -0.2) is 37.0 Å². The summed E-state index contributed by atoms with van der Waals surface area (Å²) in [7, 11) is 0. The molecule has 24 heavy (non-hydrogen) atoms. The fourth-order valence-corrected chi connectivity index (χ4v) is 3.64. The van der Waals surface area contributed by atoms with Gasteiger partial charge in [0.25, 0.3) is 5.91 Å². The van der Waals surface area contributed by atoms with Crippen molar-refractivity contribution >= 4 is 5.91 Å². The molecule has 0 radical (unpaired) electrons. The fraction of sp³-hybridized carbons (Fsp3) is 0.350. The molecule has 2 atom stereocenters. The summed E-state index contributed by atoms with van der Waals surface area (Å²) in [6.45, 7) is 4.38. The molecule has 2 fully saturated rings. The molecule has 0 spiro atoms. The Morgan fingerprint density at radius 3 is 2.33 bits per heavy atom. The van der Waals surface area contributed by atoms with E-state index in [9.17, 15) is 4.79 Å². The standard InChI is InChI=1S/C20H22N2O2/c23-20(22-12-17-10-21-11-18(17)13-22)16-6-8-19(9-7-16)24-14-15-4-2-1-3-5-15/h1-9,17-18,21H,10-14H2/t17-,18+. The number of nitrogens with zero attached hydrogens (tertiary/aromatic N) is 1. The molecule has 4 nitrogen and oxygen atoms in total. The lowest BCUT2D eigenvalue weighted by Crippen LogP contribution is -2.31. The van der Waals surface area contributed by atoms with Crippen LogP contribution in [0.2, 0.25) is 0 Å². The topological polar surface area (TPSA) is 41.6 Å². The molecule has 1 N–H and O–H groups in total. The lowest BCUT2D eigenvalue weighted by molar-refractivity contribution is 0.0781. The van der Waals surface area contributed by atoms with Crippen molar-refractivity contribution in [2.75, 3.05) is 26.2 Å². The van der Waals surface area contributed by atoms with Gasteiger partial charge in [0, 0.05) is 31.7 Å². The van der Waals surface area contributed by atoms with Gasteiger partial charge in [0.05, 0.1) is 0 Å². The Kier molecular flexibility index (Phi) is 4.22. The largest absolute Gasteiger partial charge is 0.489 e. The molecule has 1 amide bonds. The number of amides is 1. The van der Waals surface area contributed by atoms with Crippen molar-refractivity contribution in [3.63, 3.8) is 0 Å². The van der Waals surface area contributed by atoms with E-state index in [1.807, 2.05) is 59.5 Å². The predicted molar refractivity (Wildman–Crippen MR) is 93.0 cm³/mol. The molecule has 2 aromatic rings. The third-order valence-electron chi connectivity index (χ3n) is 5.03. The van der Waals surface area contributed by atoms with Crippen LogP contribution >= 0.6 is 0 Å². The van der Waals surface area contributed by atoms with E-state index in [1.54, 1.807) is 0 Å². The van der Waals surface area contributed by atoms with Gasteiger partial charge in [-0.2, -0.15) is 0 Å². The van der Waals surface area contributed by atoms with Gasteiger partial charge in [-0.05, 0) is 41.7 Å². The molecular weight excluding hydrogens is 300 g/mol. The van der Waals surface area contributed by atoms with E-state index in [0.717, 1.165) is 43.1 Å². The predicted octanol–water partition coefficient (Wildman–Crippen LogP) is 2.56. The Labute approximate surface area is 142 Å². The van der Waals surface area contributed by atoms with Crippen LogP contribution in [-0.2, 0) is 6.61 Å². The Bertz CT molecular complexity index is 687. The van der Waals surface area contributed by atoms with Gasteiger partial charge in [-0.1, -0.05) is 30.3 Å². The first kappa shape index (κ1) is 15.2. The molecule has 2 aromatic carbocycles. The number of carbonyl (C=O) groups is 1. The Hall–Kier alpha value is -2.33. The van der Waals surface area contributed by atoms with E-state index < -0.39 is 0 Å². The zero-order chi connectivity index (χ0) is 16.4. The summed E-state index contributed by atoms with van der Waals surface area (Å²) in [5.74, 6) is 2.18. The van der Waals surface area contributed by atoms with E-state index in [0.29, 0.717) is 18.4 Å². The van der Waals surface area contributed by atoms with Crippen LogP contribution in [0.5, 0.6) is 5.75 Å². The minimum atomic E-state index is 0.138. The highest BCUT2D eigenvalue weighted by atomic mass is 16.5. The lowest BCUT2D eigenvalue weighted by atomic mass is 10.0. The normalized spacial score (nSPS) is 22.4. The average molecular weight is 322 g/mol. The molecule has 0 saturated carbocycles. The maximum Gasteiger partial charge on any atom is 0.253 e. The van der Waals surface area contributed by atoms with Crippen LogP contribution < -0.4 is 10.1 Å². The molecular formula is C20H22N2O2. The first-order valence-electron chi connectivity index (χ1n) is 8.56. The zero-order valence-electron chi connectivity index (χ0n) is 13.7. The lowest BCUT2D eigenvalue weighted by Gasteiger charge is -2.17. The molecule has 4 heteroatoms. The van der Waals surface area contributed by atoms with Gasteiger partial charge in [0.15, 0.2) is 0 Å². The number of ether oxygens (including phenoxy) is 1. The second-order valence-electron chi connectivity index (χ2n) is 6.69. The van der Waals surface area contributed by atoms with Crippen molar-refractivity contribution < 1.29 is 9.53 Å². The Morgan fingerprint density at radius 1 is 1.00 bits per heavy atom. The highest BCUT2D eigenvalue weighted by molar-refractivity contribution is 5.94. The van der Waals surface area contributed by atoms with Gasteiger partial charge in [-0.3, -0.25) is 4.79 Å². The van der Waals surface area contributed by atoms with Crippen molar-refractivity contribution in [3.8, 4) is 5.75 Å². The summed E-state index contributed by atoms with van der Waals surface area (Å²) in [5.41, 5.74) is 1.88. The van der Waals surface area contributed by atoms with Crippen molar-refractivity contribution in [1.29, 1.82) is 0 Å². The molecule has 0 aromatic heterocycles. The molecule has 0 bridgehead atoms. The number of benzene rings is 2. The van der Waals surface area contributed by atoms with Gasteiger partial charge in [-0.25, -0.2) is 0 Å². The monoisotopic (exact) mass is 322 g/mol. The van der Waals surface area contributed by atoms with Crippen LogP contribution in [0.1, 0.15) is 15.9 Å².